The fourth-order valence-electron chi connectivity index (χ4n) is 3.40. The van der Waals surface area contributed by atoms with Gasteiger partial charge in [0.15, 0.2) is 0 Å². The molecule has 0 aliphatic carbocycles. The summed E-state index contributed by atoms with van der Waals surface area (Å²) in [6, 6.07) is 16.3. The number of nitrogens with zero attached hydrogens (tertiary/aromatic N) is 1. The molecule has 0 aromatic heterocycles. The quantitative estimate of drug-likeness (QED) is 0.663. The first-order valence-electron chi connectivity index (χ1n) is 9.29. The van der Waals surface area contributed by atoms with Gasteiger partial charge < -0.3 is 9.64 Å². The summed E-state index contributed by atoms with van der Waals surface area (Å²) in [5, 5.41) is 0. The molecule has 1 saturated heterocycles. The fraction of sp³-hybridized carbons (Fsp3) is 0.409. The van der Waals surface area contributed by atoms with E-state index >= 15 is 0 Å². The molecule has 1 amide bonds. The molecular formula is C22H27NO2S. The highest BCUT2D eigenvalue weighted by Gasteiger charge is 2.17. The average Bonchev–Trinajstić information content (AvgIpc) is 2.72. The molecule has 0 saturated carbocycles. The number of carbonyl (C=O) groups excluding carboxylic acids is 1. The number of ether oxygens (including phenoxy) is 1. The Morgan fingerprint density at radius 3 is 2.81 bits per heavy atom. The Hall–Kier alpha value is -1.78. The summed E-state index contributed by atoms with van der Waals surface area (Å²) in [6.07, 6.45) is 6.81. The number of thioether (sulfide) groups is 1. The molecule has 1 aliphatic rings. The molecular weight excluding hydrogens is 342 g/mol. The van der Waals surface area contributed by atoms with Gasteiger partial charge in [-0.1, -0.05) is 30.3 Å². The van der Waals surface area contributed by atoms with Crippen molar-refractivity contribution < 1.29 is 9.53 Å². The molecule has 1 heterocycles. The molecule has 0 N–H and O–H groups in total. The van der Waals surface area contributed by atoms with Gasteiger partial charge >= 0.3 is 0 Å². The van der Waals surface area contributed by atoms with E-state index in [1.54, 1.807) is 11.8 Å². The number of benzene rings is 2. The first kappa shape index (κ1) is 19.0. The summed E-state index contributed by atoms with van der Waals surface area (Å²) in [5.41, 5.74) is 3.00. The first-order valence-corrected chi connectivity index (χ1v) is 10.5. The van der Waals surface area contributed by atoms with Crippen LogP contribution >= 0.6 is 11.8 Å². The third kappa shape index (κ3) is 4.68. The summed E-state index contributed by atoms with van der Waals surface area (Å²) in [5.74, 6) is 0.0734. The molecule has 4 heteroatoms. The normalized spacial score (nSPS) is 17.1. The molecule has 2 aromatic rings. The van der Waals surface area contributed by atoms with Gasteiger partial charge in [0.25, 0.3) is 5.91 Å². The Kier molecular flexibility index (Phi) is 6.75. The van der Waals surface area contributed by atoms with Crippen molar-refractivity contribution >= 4 is 17.7 Å². The zero-order chi connectivity index (χ0) is 18.4. The van der Waals surface area contributed by atoms with Crippen molar-refractivity contribution in [1.29, 1.82) is 0 Å². The Morgan fingerprint density at radius 2 is 2.04 bits per heavy atom. The van der Waals surface area contributed by atoms with Crippen LogP contribution in [-0.2, 0) is 4.74 Å². The van der Waals surface area contributed by atoms with Crippen LogP contribution in [0.4, 0.5) is 0 Å². The second-order valence-electron chi connectivity index (χ2n) is 6.79. The number of hydrogen-bond acceptors (Lipinski definition) is 3. The summed E-state index contributed by atoms with van der Waals surface area (Å²) >= 11 is 1.73. The van der Waals surface area contributed by atoms with Gasteiger partial charge in [-0.2, -0.15) is 0 Å². The summed E-state index contributed by atoms with van der Waals surface area (Å²) in [7, 11) is 1.88. The molecule has 0 spiro atoms. The van der Waals surface area contributed by atoms with Crippen LogP contribution in [0.25, 0.3) is 11.1 Å². The van der Waals surface area contributed by atoms with Crippen LogP contribution in [0.3, 0.4) is 0 Å². The van der Waals surface area contributed by atoms with Crippen LogP contribution in [0.15, 0.2) is 53.4 Å². The monoisotopic (exact) mass is 369 g/mol. The van der Waals surface area contributed by atoms with Gasteiger partial charge in [0.1, 0.15) is 0 Å². The highest BCUT2D eigenvalue weighted by molar-refractivity contribution is 7.98. The summed E-state index contributed by atoms with van der Waals surface area (Å²) < 4.78 is 5.78. The standard InChI is InChI=1S/C22H27NO2S/c1-23(14-13-19-10-5-6-15-25-19)22(24)18-9-7-8-17(16-18)20-11-3-4-12-21(20)26-2/h3-4,7-9,11-12,16,19H,5-6,10,13-15H2,1-2H3. The van der Waals surface area contributed by atoms with Crippen LogP contribution < -0.4 is 0 Å². The van der Waals surface area contributed by atoms with E-state index in [1.165, 1.54) is 16.9 Å². The zero-order valence-corrected chi connectivity index (χ0v) is 16.4. The van der Waals surface area contributed by atoms with E-state index in [0.717, 1.165) is 43.5 Å². The van der Waals surface area contributed by atoms with Crippen molar-refractivity contribution in [2.45, 2.75) is 36.7 Å². The van der Waals surface area contributed by atoms with Crippen molar-refractivity contribution in [3.63, 3.8) is 0 Å². The average molecular weight is 370 g/mol. The van der Waals surface area contributed by atoms with E-state index in [2.05, 4.69) is 24.5 Å². The molecule has 1 unspecified atom stereocenters. The molecule has 1 fully saturated rings. The minimum Gasteiger partial charge on any atom is -0.378 e. The number of amides is 1. The molecule has 138 valence electrons. The summed E-state index contributed by atoms with van der Waals surface area (Å²) in [6.45, 7) is 1.59. The highest BCUT2D eigenvalue weighted by atomic mass is 32.2. The number of carbonyl (C=O) groups is 1. The number of rotatable bonds is 6. The van der Waals surface area contributed by atoms with Crippen molar-refractivity contribution in [2.24, 2.45) is 0 Å². The minimum atomic E-state index is 0.0734. The Balaban J connectivity index is 1.69. The molecule has 1 atom stereocenters. The van der Waals surface area contributed by atoms with Crippen LogP contribution in [0.2, 0.25) is 0 Å². The van der Waals surface area contributed by atoms with Crippen molar-refractivity contribution in [1.82, 2.24) is 4.90 Å². The Bertz CT molecular complexity index is 740. The van der Waals surface area contributed by atoms with Gasteiger partial charge in [-0.05, 0) is 61.3 Å². The van der Waals surface area contributed by atoms with Crippen LogP contribution in [0.5, 0.6) is 0 Å². The Morgan fingerprint density at radius 1 is 1.19 bits per heavy atom. The Labute approximate surface area is 160 Å². The maximum absolute atomic E-state index is 12.8. The van der Waals surface area contributed by atoms with Gasteiger partial charge in [0.05, 0.1) is 6.10 Å². The van der Waals surface area contributed by atoms with Gasteiger partial charge in [-0.3, -0.25) is 4.79 Å². The second-order valence-corrected chi connectivity index (χ2v) is 7.63. The fourth-order valence-corrected chi connectivity index (χ4v) is 4.02. The van der Waals surface area contributed by atoms with E-state index < -0.39 is 0 Å². The maximum Gasteiger partial charge on any atom is 0.253 e. The SMILES string of the molecule is CSc1ccccc1-c1cccc(C(=O)N(C)CCC2CCCCO2)c1. The minimum absolute atomic E-state index is 0.0734. The van der Waals surface area contributed by atoms with Gasteiger partial charge in [-0.25, -0.2) is 0 Å². The molecule has 2 aromatic carbocycles. The topological polar surface area (TPSA) is 29.5 Å². The smallest absolute Gasteiger partial charge is 0.253 e. The van der Waals surface area contributed by atoms with E-state index in [-0.39, 0.29) is 5.91 Å². The lowest BCUT2D eigenvalue weighted by atomic mass is 10.0. The van der Waals surface area contributed by atoms with Crippen molar-refractivity contribution in [3.05, 3.63) is 54.1 Å². The molecule has 3 rings (SSSR count). The molecule has 3 nitrogen and oxygen atoms in total. The molecule has 0 bridgehead atoms. The predicted molar refractivity (Wildman–Crippen MR) is 109 cm³/mol. The second kappa shape index (κ2) is 9.24. The summed E-state index contributed by atoms with van der Waals surface area (Å²) in [4.78, 5) is 15.9. The zero-order valence-electron chi connectivity index (χ0n) is 15.6. The third-order valence-corrected chi connectivity index (χ3v) is 5.73. The lowest BCUT2D eigenvalue weighted by Crippen LogP contribution is -2.31. The van der Waals surface area contributed by atoms with Gasteiger partial charge in [0.2, 0.25) is 0 Å². The molecule has 26 heavy (non-hydrogen) atoms. The van der Waals surface area contributed by atoms with E-state index in [1.807, 2.05) is 42.3 Å². The lowest BCUT2D eigenvalue weighted by molar-refractivity contribution is 0.00709. The van der Waals surface area contributed by atoms with E-state index in [9.17, 15) is 4.79 Å². The first-order chi connectivity index (χ1) is 12.7. The van der Waals surface area contributed by atoms with E-state index in [0.29, 0.717) is 6.10 Å². The third-order valence-electron chi connectivity index (χ3n) is 4.93. The van der Waals surface area contributed by atoms with Crippen molar-refractivity contribution in [3.8, 4) is 11.1 Å². The van der Waals surface area contributed by atoms with Crippen LogP contribution in [-0.4, -0.2) is 43.4 Å². The molecule has 1 aliphatic heterocycles. The van der Waals surface area contributed by atoms with Crippen molar-refractivity contribution in [2.75, 3.05) is 26.5 Å². The van der Waals surface area contributed by atoms with Crippen LogP contribution in [0.1, 0.15) is 36.0 Å². The highest BCUT2D eigenvalue weighted by Crippen LogP contribution is 2.30. The predicted octanol–water partition coefficient (Wildman–Crippen LogP) is 5.11. The van der Waals surface area contributed by atoms with Crippen LogP contribution in [0, 0.1) is 0 Å². The van der Waals surface area contributed by atoms with E-state index in [4.69, 9.17) is 4.74 Å². The molecule has 0 radical (unpaired) electrons. The number of hydrogen-bond donors (Lipinski definition) is 0. The largest absolute Gasteiger partial charge is 0.378 e. The maximum atomic E-state index is 12.8. The lowest BCUT2D eigenvalue weighted by Gasteiger charge is -2.25. The van der Waals surface area contributed by atoms with Gasteiger partial charge in [-0.15, -0.1) is 11.8 Å². The van der Waals surface area contributed by atoms with Gasteiger partial charge in [0, 0.05) is 30.7 Å².